The first kappa shape index (κ1) is 18.1. The van der Waals surface area contributed by atoms with Gasteiger partial charge in [-0.25, -0.2) is 15.0 Å². The quantitative estimate of drug-likeness (QED) is 0.751. The second kappa shape index (κ2) is 7.86. The molecule has 3 amide bonds. The lowest BCUT2D eigenvalue weighted by molar-refractivity contribution is -0.127. The third-order valence-electron chi connectivity index (χ3n) is 3.01. The standard InChI is InChI=1S/C14H25N3O5/c1-5-21-12(19)16-15-11(18)10-7-6-8-17(9-10)13(20)22-14(2,3)4/h10H,5-9H2,1-4H3,(H,15,18)(H,16,19)/t10-/m1/s1. The van der Waals surface area contributed by atoms with Crippen molar-refractivity contribution in [2.75, 3.05) is 19.7 Å². The van der Waals surface area contributed by atoms with Gasteiger partial charge in [0, 0.05) is 13.1 Å². The Morgan fingerprint density at radius 2 is 1.91 bits per heavy atom. The van der Waals surface area contributed by atoms with Crippen LogP contribution in [0.4, 0.5) is 9.59 Å². The minimum Gasteiger partial charge on any atom is -0.449 e. The fourth-order valence-electron chi connectivity index (χ4n) is 2.07. The van der Waals surface area contributed by atoms with Gasteiger partial charge in [0.1, 0.15) is 5.60 Å². The molecule has 2 N–H and O–H groups in total. The Kier molecular flexibility index (Phi) is 6.45. The minimum atomic E-state index is -0.712. The molecule has 1 fully saturated rings. The number of hydrogen-bond acceptors (Lipinski definition) is 5. The summed E-state index contributed by atoms with van der Waals surface area (Å²) in [4.78, 5) is 36.7. The molecular formula is C14H25N3O5. The molecule has 0 aliphatic carbocycles. The van der Waals surface area contributed by atoms with Gasteiger partial charge >= 0.3 is 12.2 Å². The van der Waals surface area contributed by atoms with Crippen molar-refractivity contribution < 1.29 is 23.9 Å². The van der Waals surface area contributed by atoms with Crippen molar-refractivity contribution in [1.29, 1.82) is 0 Å². The van der Waals surface area contributed by atoms with Crippen LogP contribution in [0.1, 0.15) is 40.5 Å². The summed E-state index contributed by atoms with van der Waals surface area (Å²) in [6.07, 6.45) is 0.214. The van der Waals surface area contributed by atoms with Crippen LogP contribution in [0.3, 0.4) is 0 Å². The van der Waals surface area contributed by atoms with Crippen molar-refractivity contribution in [3.8, 4) is 0 Å². The summed E-state index contributed by atoms with van der Waals surface area (Å²) in [5.41, 5.74) is 3.90. The first-order valence-electron chi connectivity index (χ1n) is 7.43. The van der Waals surface area contributed by atoms with Crippen molar-refractivity contribution in [2.45, 2.75) is 46.1 Å². The average molecular weight is 315 g/mol. The molecule has 0 radical (unpaired) electrons. The van der Waals surface area contributed by atoms with Crippen LogP contribution in [0.15, 0.2) is 0 Å². The van der Waals surface area contributed by atoms with Crippen LogP contribution in [0, 0.1) is 5.92 Å². The second-order valence-corrected chi connectivity index (χ2v) is 6.10. The van der Waals surface area contributed by atoms with Gasteiger partial charge < -0.3 is 14.4 Å². The Morgan fingerprint density at radius 1 is 1.23 bits per heavy atom. The Labute approximate surface area is 130 Å². The van der Waals surface area contributed by atoms with Gasteiger partial charge in [0.15, 0.2) is 0 Å². The number of hydrazine groups is 1. The highest BCUT2D eigenvalue weighted by Gasteiger charge is 2.31. The maximum absolute atomic E-state index is 12.0. The summed E-state index contributed by atoms with van der Waals surface area (Å²) in [5.74, 6) is -0.732. The molecule has 22 heavy (non-hydrogen) atoms. The van der Waals surface area contributed by atoms with Crippen LogP contribution in [0.2, 0.25) is 0 Å². The van der Waals surface area contributed by atoms with Crippen LogP contribution in [0.5, 0.6) is 0 Å². The number of hydrogen-bond donors (Lipinski definition) is 2. The number of carbonyl (C=O) groups is 3. The minimum absolute atomic E-state index is 0.220. The van der Waals surface area contributed by atoms with E-state index >= 15 is 0 Å². The van der Waals surface area contributed by atoms with E-state index in [9.17, 15) is 14.4 Å². The zero-order valence-electron chi connectivity index (χ0n) is 13.6. The Hall–Kier alpha value is -1.99. The molecule has 0 aromatic rings. The second-order valence-electron chi connectivity index (χ2n) is 6.10. The van der Waals surface area contributed by atoms with E-state index in [0.717, 1.165) is 0 Å². The first-order valence-corrected chi connectivity index (χ1v) is 7.43. The number of carbonyl (C=O) groups excluding carboxylic acids is 3. The summed E-state index contributed by atoms with van der Waals surface area (Å²) in [5, 5.41) is 0. The highest BCUT2D eigenvalue weighted by molar-refractivity contribution is 5.82. The molecule has 1 rings (SSSR count). The summed E-state index contributed by atoms with van der Waals surface area (Å²) in [7, 11) is 0. The topological polar surface area (TPSA) is 97.0 Å². The highest BCUT2D eigenvalue weighted by atomic mass is 16.6. The molecule has 1 heterocycles. The summed E-state index contributed by atoms with van der Waals surface area (Å²) < 4.78 is 9.95. The maximum Gasteiger partial charge on any atom is 0.426 e. The monoisotopic (exact) mass is 315 g/mol. The fraction of sp³-hybridized carbons (Fsp3) is 0.786. The SMILES string of the molecule is CCOC(=O)NNC(=O)[C@@H]1CCCN(C(=O)OC(C)(C)C)C1. The molecule has 1 saturated heterocycles. The number of ether oxygens (including phenoxy) is 2. The van der Waals surface area contributed by atoms with E-state index in [4.69, 9.17) is 4.74 Å². The van der Waals surface area contributed by atoms with Crippen LogP contribution in [-0.4, -0.2) is 48.3 Å². The summed E-state index contributed by atoms with van der Waals surface area (Å²) >= 11 is 0. The molecule has 8 heteroatoms. The van der Waals surface area contributed by atoms with Gasteiger partial charge in [-0.3, -0.25) is 10.2 Å². The zero-order valence-corrected chi connectivity index (χ0v) is 13.6. The van der Waals surface area contributed by atoms with Crippen molar-refractivity contribution in [3.05, 3.63) is 0 Å². The Bertz CT molecular complexity index is 419. The Balaban J connectivity index is 2.47. The van der Waals surface area contributed by atoms with Gasteiger partial charge in [-0.05, 0) is 40.5 Å². The molecule has 0 spiro atoms. The van der Waals surface area contributed by atoms with Gasteiger partial charge in [-0.15, -0.1) is 0 Å². The van der Waals surface area contributed by atoms with Gasteiger partial charge in [0.25, 0.3) is 0 Å². The lowest BCUT2D eigenvalue weighted by Gasteiger charge is -2.33. The van der Waals surface area contributed by atoms with E-state index in [1.54, 1.807) is 27.7 Å². The van der Waals surface area contributed by atoms with E-state index in [1.807, 2.05) is 0 Å². The predicted molar refractivity (Wildman–Crippen MR) is 78.8 cm³/mol. The van der Waals surface area contributed by atoms with E-state index in [0.29, 0.717) is 19.4 Å². The molecule has 0 saturated carbocycles. The smallest absolute Gasteiger partial charge is 0.426 e. The van der Waals surface area contributed by atoms with Gasteiger partial charge in [-0.1, -0.05) is 0 Å². The fourth-order valence-corrected chi connectivity index (χ4v) is 2.07. The number of likely N-dealkylation sites (tertiary alicyclic amines) is 1. The van der Waals surface area contributed by atoms with Gasteiger partial charge in [0.2, 0.25) is 5.91 Å². The third-order valence-corrected chi connectivity index (χ3v) is 3.01. The molecule has 126 valence electrons. The number of amides is 3. The maximum atomic E-state index is 12.0. The lowest BCUT2D eigenvalue weighted by Crippen LogP contribution is -2.50. The lowest BCUT2D eigenvalue weighted by atomic mass is 9.98. The molecule has 1 atom stereocenters. The summed E-state index contributed by atoms with van der Waals surface area (Å²) in [6.45, 7) is 8.10. The van der Waals surface area contributed by atoms with Crippen LogP contribution in [-0.2, 0) is 14.3 Å². The van der Waals surface area contributed by atoms with Gasteiger partial charge in [0.05, 0.1) is 12.5 Å². The molecule has 0 unspecified atom stereocenters. The van der Waals surface area contributed by atoms with Crippen molar-refractivity contribution >= 4 is 18.1 Å². The van der Waals surface area contributed by atoms with Gasteiger partial charge in [-0.2, -0.15) is 0 Å². The van der Waals surface area contributed by atoms with Crippen LogP contribution in [0.25, 0.3) is 0 Å². The molecule has 1 aliphatic rings. The molecule has 0 bridgehead atoms. The van der Waals surface area contributed by atoms with Crippen molar-refractivity contribution in [1.82, 2.24) is 15.8 Å². The van der Waals surface area contributed by atoms with Crippen molar-refractivity contribution in [3.63, 3.8) is 0 Å². The van der Waals surface area contributed by atoms with E-state index in [2.05, 4.69) is 15.6 Å². The van der Waals surface area contributed by atoms with Crippen molar-refractivity contribution in [2.24, 2.45) is 5.92 Å². The molecular weight excluding hydrogens is 290 g/mol. The average Bonchev–Trinajstić information content (AvgIpc) is 2.43. The predicted octanol–water partition coefficient (Wildman–Crippen LogP) is 1.41. The largest absolute Gasteiger partial charge is 0.449 e. The zero-order chi connectivity index (χ0) is 16.8. The number of nitrogens with zero attached hydrogens (tertiary/aromatic N) is 1. The first-order chi connectivity index (χ1) is 10.2. The van der Waals surface area contributed by atoms with E-state index < -0.39 is 17.8 Å². The number of rotatable bonds is 2. The normalized spacial score (nSPS) is 18.4. The Morgan fingerprint density at radius 3 is 2.50 bits per heavy atom. The molecule has 1 aliphatic heterocycles. The molecule has 8 nitrogen and oxygen atoms in total. The summed E-state index contributed by atoms with van der Waals surface area (Å²) in [6, 6.07) is 0. The molecule has 0 aromatic heterocycles. The number of nitrogens with one attached hydrogen (secondary N) is 2. The van der Waals surface area contributed by atoms with Crippen LogP contribution >= 0.6 is 0 Å². The van der Waals surface area contributed by atoms with E-state index in [-0.39, 0.29) is 25.0 Å². The third kappa shape index (κ3) is 6.19. The number of piperidine rings is 1. The van der Waals surface area contributed by atoms with E-state index in [1.165, 1.54) is 4.90 Å². The van der Waals surface area contributed by atoms with Crippen LogP contribution < -0.4 is 10.9 Å². The highest BCUT2D eigenvalue weighted by Crippen LogP contribution is 2.19. The molecule has 0 aromatic carbocycles.